The van der Waals surface area contributed by atoms with Crippen molar-refractivity contribution in [1.82, 2.24) is 5.32 Å². The third kappa shape index (κ3) is 4.18. The van der Waals surface area contributed by atoms with Crippen LogP contribution in [0.4, 0.5) is 0 Å². The van der Waals surface area contributed by atoms with Crippen molar-refractivity contribution in [1.29, 1.82) is 0 Å². The summed E-state index contributed by atoms with van der Waals surface area (Å²) >= 11 is 3.47. The predicted octanol–water partition coefficient (Wildman–Crippen LogP) is 2.55. The molecule has 0 fully saturated rings. The SMILES string of the molecule is CCOCOc1c(Br)cc(CNC)cc1OC. The summed E-state index contributed by atoms with van der Waals surface area (Å²) in [6, 6.07) is 3.95. The second-order valence-electron chi connectivity index (χ2n) is 3.39. The number of methoxy groups -OCH3 is 1. The van der Waals surface area contributed by atoms with Crippen LogP contribution in [0.15, 0.2) is 16.6 Å². The maximum Gasteiger partial charge on any atom is 0.189 e. The van der Waals surface area contributed by atoms with Gasteiger partial charge in [-0.2, -0.15) is 0 Å². The Morgan fingerprint density at radius 2 is 2.12 bits per heavy atom. The number of hydrogen-bond donors (Lipinski definition) is 1. The Labute approximate surface area is 110 Å². The van der Waals surface area contributed by atoms with Crippen LogP contribution < -0.4 is 14.8 Å². The largest absolute Gasteiger partial charge is 0.493 e. The molecule has 17 heavy (non-hydrogen) atoms. The molecule has 0 amide bonds. The molecule has 4 nitrogen and oxygen atoms in total. The van der Waals surface area contributed by atoms with E-state index in [1.807, 2.05) is 26.1 Å². The van der Waals surface area contributed by atoms with Crippen LogP contribution in [0.3, 0.4) is 0 Å². The van der Waals surface area contributed by atoms with Gasteiger partial charge in [-0.25, -0.2) is 0 Å². The van der Waals surface area contributed by atoms with Gasteiger partial charge >= 0.3 is 0 Å². The molecule has 0 aliphatic heterocycles. The Kier molecular flexibility index (Phi) is 6.32. The molecule has 0 aromatic heterocycles. The molecule has 1 N–H and O–H groups in total. The fourth-order valence-corrected chi connectivity index (χ4v) is 2.01. The molecule has 0 unspecified atom stereocenters. The van der Waals surface area contributed by atoms with Gasteiger partial charge in [0, 0.05) is 13.2 Å². The summed E-state index contributed by atoms with van der Waals surface area (Å²) in [5.41, 5.74) is 1.12. The van der Waals surface area contributed by atoms with Gasteiger partial charge in [0.25, 0.3) is 0 Å². The van der Waals surface area contributed by atoms with Crippen molar-refractivity contribution in [3.05, 3.63) is 22.2 Å². The lowest BCUT2D eigenvalue weighted by Crippen LogP contribution is -2.07. The average molecular weight is 304 g/mol. The van der Waals surface area contributed by atoms with E-state index in [1.54, 1.807) is 7.11 Å². The van der Waals surface area contributed by atoms with Crippen LogP contribution in [0, 0.1) is 0 Å². The molecular formula is C12H18BrNO3. The topological polar surface area (TPSA) is 39.7 Å². The Morgan fingerprint density at radius 1 is 1.35 bits per heavy atom. The number of rotatable bonds is 7. The minimum absolute atomic E-state index is 0.219. The van der Waals surface area contributed by atoms with E-state index in [0.717, 1.165) is 16.6 Å². The van der Waals surface area contributed by atoms with E-state index in [9.17, 15) is 0 Å². The van der Waals surface area contributed by atoms with Crippen molar-refractivity contribution < 1.29 is 14.2 Å². The predicted molar refractivity (Wildman–Crippen MR) is 70.6 cm³/mol. The highest BCUT2D eigenvalue weighted by molar-refractivity contribution is 9.10. The fraction of sp³-hybridized carbons (Fsp3) is 0.500. The molecule has 0 saturated carbocycles. The van der Waals surface area contributed by atoms with Crippen molar-refractivity contribution >= 4 is 15.9 Å². The highest BCUT2D eigenvalue weighted by Crippen LogP contribution is 2.36. The molecule has 0 saturated heterocycles. The summed E-state index contributed by atoms with van der Waals surface area (Å²) in [5.74, 6) is 1.37. The molecular weight excluding hydrogens is 286 g/mol. The molecule has 0 bridgehead atoms. The third-order valence-electron chi connectivity index (χ3n) is 2.16. The molecule has 0 aliphatic rings. The van der Waals surface area contributed by atoms with Gasteiger partial charge in [0.05, 0.1) is 11.6 Å². The number of hydrogen-bond acceptors (Lipinski definition) is 4. The Bertz CT molecular complexity index is 358. The molecule has 0 aliphatic carbocycles. The monoisotopic (exact) mass is 303 g/mol. The fourth-order valence-electron chi connectivity index (χ4n) is 1.40. The highest BCUT2D eigenvalue weighted by Gasteiger charge is 2.11. The van der Waals surface area contributed by atoms with E-state index in [2.05, 4.69) is 21.2 Å². The van der Waals surface area contributed by atoms with Gasteiger partial charge in [-0.15, -0.1) is 0 Å². The third-order valence-corrected chi connectivity index (χ3v) is 2.75. The summed E-state index contributed by atoms with van der Waals surface area (Å²) in [6.07, 6.45) is 0. The van der Waals surface area contributed by atoms with E-state index < -0.39 is 0 Å². The minimum Gasteiger partial charge on any atom is -0.493 e. The lowest BCUT2D eigenvalue weighted by atomic mass is 10.2. The summed E-state index contributed by atoms with van der Waals surface area (Å²) < 4.78 is 16.8. The van der Waals surface area contributed by atoms with Crippen molar-refractivity contribution in [3.8, 4) is 11.5 Å². The first-order valence-electron chi connectivity index (χ1n) is 5.44. The number of halogens is 1. The van der Waals surface area contributed by atoms with Crippen LogP contribution in [0.2, 0.25) is 0 Å². The second-order valence-corrected chi connectivity index (χ2v) is 4.25. The van der Waals surface area contributed by atoms with Gasteiger partial charge in [0.1, 0.15) is 0 Å². The van der Waals surface area contributed by atoms with Crippen LogP contribution in [0.1, 0.15) is 12.5 Å². The number of ether oxygens (including phenoxy) is 3. The molecule has 0 radical (unpaired) electrons. The summed E-state index contributed by atoms with van der Waals surface area (Å²) in [5, 5.41) is 3.09. The zero-order valence-electron chi connectivity index (χ0n) is 10.4. The molecule has 1 aromatic rings. The molecule has 1 aromatic carbocycles. The van der Waals surface area contributed by atoms with E-state index >= 15 is 0 Å². The molecule has 0 atom stereocenters. The van der Waals surface area contributed by atoms with Crippen LogP contribution in [-0.4, -0.2) is 27.6 Å². The van der Waals surface area contributed by atoms with Crippen molar-refractivity contribution in [3.63, 3.8) is 0 Å². The van der Waals surface area contributed by atoms with Crippen molar-refractivity contribution in [2.45, 2.75) is 13.5 Å². The average Bonchev–Trinajstić information content (AvgIpc) is 2.32. The van der Waals surface area contributed by atoms with Gasteiger partial charge in [-0.3, -0.25) is 0 Å². The molecule has 5 heteroatoms. The van der Waals surface area contributed by atoms with Crippen molar-refractivity contribution in [2.75, 3.05) is 27.6 Å². The van der Waals surface area contributed by atoms with Gasteiger partial charge in [-0.05, 0) is 47.6 Å². The zero-order valence-corrected chi connectivity index (χ0v) is 12.0. The number of nitrogens with one attached hydrogen (secondary N) is 1. The molecule has 0 heterocycles. The smallest absolute Gasteiger partial charge is 0.189 e. The van der Waals surface area contributed by atoms with E-state index in [0.29, 0.717) is 18.1 Å². The van der Waals surface area contributed by atoms with Gasteiger partial charge in [0.15, 0.2) is 18.3 Å². The quantitative estimate of drug-likeness (QED) is 0.621. The van der Waals surface area contributed by atoms with Crippen LogP contribution in [0.25, 0.3) is 0 Å². The zero-order chi connectivity index (χ0) is 12.7. The standard InChI is InChI=1S/C12H18BrNO3/c1-4-16-8-17-12-10(13)5-9(7-14-2)6-11(12)15-3/h5-6,14H,4,7-8H2,1-3H3. The maximum atomic E-state index is 5.52. The second kappa shape index (κ2) is 7.53. The molecule has 1 rings (SSSR count). The minimum atomic E-state index is 0.219. The molecule has 96 valence electrons. The van der Waals surface area contributed by atoms with Crippen LogP contribution >= 0.6 is 15.9 Å². The first-order chi connectivity index (χ1) is 8.22. The first-order valence-corrected chi connectivity index (χ1v) is 6.23. The summed E-state index contributed by atoms with van der Waals surface area (Å²) in [4.78, 5) is 0. The lowest BCUT2D eigenvalue weighted by Gasteiger charge is -2.14. The van der Waals surface area contributed by atoms with Crippen molar-refractivity contribution in [2.24, 2.45) is 0 Å². The Balaban J connectivity index is 2.87. The highest BCUT2D eigenvalue weighted by atomic mass is 79.9. The Morgan fingerprint density at radius 3 is 2.71 bits per heavy atom. The van der Waals surface area contributed by atoms with Gasteiger partial charge in [-0.1, -0.05) is 0 Å². The lowest BCUT2D eigenvalue weighted by molar-refractivity contribution is 0.0204. The van der Waals surface area contributed by atoms with E-state index in [4.69, 9.17) is 14.2 Å². The van der Waals surface area contributed by atoms with E-state index in [1.165, 1.54) is 0 Å². The number of benzene rings is 1. The van der Waals surface area contributed by atoms with Gasteiger partial charge in [0.2, 0.25) is 0 Å². The first kappa shape index (κ1) is 14.3. The summed E-state index contributed by atoms with van der Waals surface area (Å²) in [7, 11) is 3.53. The summed E-state index contributed by atoms with van der Waals surface area (Å²) in [6.45, 7) is 3.54. The molecule has 0 spiro atoms. The van der Waals surface area contributed by atoms with Gasteiger partial charge < -0.3 is 19.5 Å². The van der Waals surface area contributed by atoms with E-state index in [-0.39, 0.29) is 6.79 Å². The normalized spacial score (nSPS) is 10.4. The van der Waals surface area contributed by atoms with Crippen LogP contribution in [-0.2, 0) is 11.3 Å². The van der Waals surface area contributed by atoms with Crippen LogP contribution in [0.5, 0.6) is 11.5 Å². The Hall–Kier alpha value is -0.780. The maximum absolute atomic E-state index is 5.52.